The molecule has 0 spiro atoms. The maximum absolute atomic E-state index is 4.48. The summed E-state index contributed by atoms with van der Waals surface area (Å²) < 4.78 is 0. The average molecular weight is 178 g/mol. The molecule has 0 aromatic heterocycles. The molecule has 2 heteroatoms. The van der Waals surface area contributed by atoms with Crippen molar-refractivity contribution >= 4 is 25.3 Å². The lowest BCUT2D eigenvalue weighted by Crippen LogP contribution is -2.25. The molecule has 2 unspecified atom stereocenters. The van der Waals surface area contributed by atoms with Gasteiger partial charge in [-0.1, -0.05) is 27.7 Å². The van der Waals surface area contributed by atoms with Crippen molar-refractivity contribution in [3.63, 3.8) is 0 Å². The van der Waals surface area contributed by atoms with Crippen molar-refractivity contribution in [1.82, 2.24) is 0 Å². The summed E-state index contributed by atoms with van der Waals surface area (Å²) in [4.78, 5) is 0. The lowest BCUT2D eigenvalue weighted by molar-refractivity contribution is 0.508. The Morgan fingerprint density at radius 1 is 0.700 bits per heavy atom. The highest BCUT2D eigenvalue weighted by molar-refractivity contribution is 7.85. The second kappa shape index (κ2) is 4.55. The fourth-order valence-corrected chi connectivity index (χ4v) is 1.48. The van der Waals surface area contributed by atoms with E-state index in [1.54, 1.807) is 0 Å². The van der Waals surface area contributed by atoms with E-state index in [2.05, 4.69) is 53.0 Å². The van der Waals surface area contributed by atoms with Crippen molar-refractivity contribution in [1.29, 1.82) is 0 Å². The van der Waals surface area contributed by atoms with Crippen LogP contribution < -0.4 is 0 Å². The molecule has 62 valence electrons. The molecule has 0 saturated heterocycles. The van der Waals surface area contributed by atoms with Crippen molar-refractivity contribution < 1.29 is 0 Å². The van der Waals surface area contributed by atoms with Crippen molar-refractivity contribution in [2.24, 2.45) is 11.8 Å². The first kappa shape index (κ1) is 10.7. The van der Waals surface area contributed by atoms with Gasteiger partial charge in [0.25, 0.3) is 0 Å². The Labute approximate surface area is 75.6 Å². The van der Waals surface area contributed by atoms with Gasteiger partial charge in [-0.3, -0.25) is 0 Å². The van der Waals surface area contributed by atoms with E-state index in [1.165, 1.54) is 0 Å². The summed E-state index contributed by atoms with van der Waals surface area (Å²) in [7, 11) is 0. The molecule has 10 heavy (non-hydrogen) atoms. The molecule has 0 aliphatic rings. The number of hydrogen-bond donors (Lipinski definition) is 2. The highest BCUT2D eigenvalue weighted by Gasteiger charge is 2.19. The van der Waals surface area contributed by atoms with Crippen LogP contribution in [0.3, 0.4) is 0 Å². The van der Waals surface area contributed by atoms with Crippen LogP contribution in [0.5, 0.6) is 0 Å². The Kier molecular flexibility index (Phi) is 4.87. The molecule has 0 bridgehead atoms. The monoisotopic (exact) mass is 178 g/mol. The van der Waals surface area contributed by atoms with E-state index in [4.69, 9.17) is 0 Å². The van der Waals surface area contributed by atoms with Crippen LogP contribution in [0, 0.1) is 11.8 Å². The second-order valence-electron chi connectivity index (χ2n) is 3.47. The third kappa shape index (κ3) is 3.20. The first-order valence-corrected chi connectivity index (χ1v) is 4.86. The Morgan fingerprint density at radius 2 is 0.900 bits per heavy atom. The van der Waals surface area contributed by atoms with E-state index in [0.717, 1.165) is 0 Å². The zero-order valence-corrected chi connectivity index (χ0v) is 8.99. The van der Waals surface area contributed by atoms with Gasteiger partial charge in [-0.05, 0) is 11.8 Å². The van der Waals surface area contributed by atoms with Crippen molar-refractivity contribution in [2.75, 3.05) is 0 Å². The Hall–Kier alpha value is 0.700. The average Bonchev–Trinajstić information content (AvgIpc) is 1.84. The quantitative estimate of drug-likeness (QED) is 0.610. The van der Waals surface area contributed by atoms with E-state index in [-0.39, 0.29) is 0 Å². The van der Waals surface area contributed by atoms with Crippen LogP contribution in [-0.2, 0) is 0 Å². The molecule has 0 heterocycles. The molecule has 0 N–H and O–H groups in total. The summed E-state index contributed by atoms with van der Waals surface area (Å²) in [5.41, 5.74) is 0. The van der Waals surface area contributed by atoms with Crippen molar-refractivity contribution in [2.45, 2.75) is 38.2 Å². The van der Waals surface area contributed by atoms with Gasteiger partial charge < -0.3 is 0 Å². The van der Waals surface area contributed by atoms with E-state index < -0.39 is 0 Å². The van der Waals surface area contributed by atoms with Gasteiger partial charge >= 0.3 is 0 Å². The summed E-state index contributed by atoms with van der Waals surface area (Å²) in [5.74, 6) is 1.24. The van der Waals surface area contributed by atoms with E-state index >= 15 is 0 Å². The molecule has 0 radical (unpaired) electrons. The summed E-state index contributed by atoms with van der Waals surface area (Å²) in [5, 5.41) is 0.840. The molecule has 0 aromatic carbocycles. The van der Waals surface area contributed by atoms with Gasteiger partial charge in [0.2, 0.25) is 0 Å². The number of hydrogen-bond acceptors (Lipinski definition) is 2. The zero-order valence-electron chi connectivity index (χ0n) is 7.20. The number of rotatable bonds is 3. The maximum Gasteiger partial charge on any atom is 0.0159 e. The molecular formula is C8H18S2. The van der Waals surface area contributed by atoms with Crippen LogP contribution in [0.2, 0.25) is 0 Å². The SMILES string of the molecule is CC(C)C(S)C(S)C(C)C. The summed E-state index contributed by atoms with van der Waals surface area (Å²) in [6.45, 7) is 8.74. The lowest BCUT2D eigenvalue weighted by Gasteiger charge is -2.24. The molecule has 0 aliphatic heterocycles. The normalized spacial score (nSPS) is 18.0. The Bertz CT molecular complexity index is 77.3. The van der Waals surface area contributed by atoms with Crippen molar-refractivity contribution in [3.05, 3.63) is 0 Å². The molecule has 0 nitrogen and oxygen atoms in total. The summed E-state index contributed by atoms with van der Waals surface area (Å²) in [6, 6.07) is 0. The molecular weight excluding hydrogens is 160 g/mol. The highest BCUT2D eigenvalue weighted by Crippen LogP contribution is 2.23. The third-order valence-electron chi connectivity index (χ3n) is 1.72. The predicted molar refractivity (Wildman–Crippen MR) is 55.2 cm³/mol. The smallest absolute Gasteiger partial charge is 0.0159 e. The van der Waals surface area contributed by atoms with E-state index in [9.17, 15) is 0 Å². The fraction of sp³-hybridized carbons (Fsp3) is 1.00. The third-order valence-corrected chi connectivity index (χ3v) is 3.79. The molecule has 0 saturated carbocycles. The van der Waals surface area contributed by atoms with Gasteiger partial charge in [0, 0.05) is 10.5 Å². The minimum absolute atomic E-state index is 0.420. The largest absolute Gasteiger partial charge is 0.175 e. The van der Waals surface area contributed by atoms with Gasteiger partial charge in [-0.15, -0.1) is 0 Å². The molecule has 0 aliphatic carbocycles. The predicted octanol–water partition coefficient (Wildman–Crippen LogP) is 2.90. The Morgan fingerprint density at radius 3 is 1.00 bits per heavy atom. The van der Waals surface area contributed by atoms with Gasteiger partial charge in [0.15, 0.2) is 0 Å². The molecule has 0 fully saturated rings. The van der Waals surface area contributed by atoms with E-state index in [1.807, 2.05) is 0 Å². The van der Waals surface area contributed by atoms with Gasteiger partial charge in [0.05, 0.1) is 0 Å². The molecule has 0 rings (SSSR count). The van der Waals surface area contributed by atoms with E-state index in [0.29, 0.717) is 22.3 Å². The minimum Gasteiger partial charge on any atom is -0.175 e. The van der Waals surface area contributed by atoms with Gasteiger partial charge in [0.1, 0.15) is 0 Å². The van der Waals surface area contributed by atoms with Gasteiger partial charge in [-0.2, -0.15) is 25.3 Å². The highest BCUT2D eigenvalue weighted by atomic mass is 32.1. The second-order valence-corrected chi connectivity index (χ2v) is 4.66. The summed E-state index contributed by atoms with van der Waals surface area (Å²) >= 11 is 8.97. The zero-order chi connectivity index (χ0) is 8.31. The van der Waals surface area contributed by atoms with Crippen LogP contribution in [0.25, 0.3) is 0 Å². The first-order chi connectivity index (χ1) is 4.46. The van der Waals surface area contributed by atoms with Gasteiger partial charge in [-0.25, -0.2) is 0 Å². The first-order valence-electron chi connectivity index (χ1n) is 3.83. The standard InChI is InChI=1S/C8H18S2/c1-5(2)7(9)8(10)6(3)4/h5-10H,1-4H3. The van der Waals surface area contributed by atoms with Crippen LogP contribution in [0.1, 0.15) is 27.7 Å². The van der Waals surface area contributed by atoms with Crippen molar-refractivity contribution in [3.8, 4) is 0 Å². The lowest BCUT2D eigenvalue weighted by atomic mass is 9.99. The minimum atomic E-state index is 0.420. The molecule has 0 amide bonds. The molecule has 2 atom stereocenters. The summed E-state index contributed by atoms with van der Waals surface area (Å²) in [6.07, 6.45) is 0. The fourth-order valence-electron chi connectivity index (χ4n) is 0.789. The topological polar surface area (TPSA) is 0 Å². The van der Waals surface area contributed by atoms with Crippen LogP contribution in [0.4, 0.5) is 0 Å². The Balaban J connectivity index is 3.81. The van der Waals surface area contributed by atoms with Crippen LogP contribution >= 0.6 is 25.3 Å². The van der Waals surface area contributed by atoms with Crippen LogP contribution in [-0.4, -0.2) is 10.5 Å². The maximum atomic E-state index is 4.48. The number of thiol groups is 2. The van der Waals surface area contributed by atoms with Crippen LogP contribution in [0.15, 0.2) is 0 Å². The molecule has 0 aromatic rings.